The summed E-state index contributed by atoms with van der Waals surface area (Å²) >= 11 is 0. The second-order valence-corrected chi connectivity index (χ2v) is 9.26. The lowest BCUT2D eigenvalue weighted by Crippen LogP contribution is -2.53. The molecule has 0 aromatic rings. The molecule has 2 N–H and O–H groups in total. The van der Waals surface area contributed by atoms with Crippen LogP contribution >= 0.6 is 0 Å². The van der Waals surface area contributed by atoms with Crippen molar-refractivity contribution in [2.45, 2.75) is 44.1 Å². The summed E-state index contributed by atoms with van der Waals surface area (Å²) in [5, 5.41) is 8.53. The fourth-order valence-corrected chi connectivity index (χ4v) is 6.07. The lowest BCUT2D eigenvalue weighted by atomic mass is 10.0. The van der Waals surface area contributed by atoms with Crippen molar-refractivity contribution in [3.63, 3.8) is 0 Å². The first-order chi connectivity index (χ1) is 7.46. The lowest BCUT2D eigenvalue weighted by molar-refractivity contribution is 0.111. The number of rotatable bonds is 4. The Bertz CT molecular complexity index is 478. The molecule has 17 heavy (non-hydrogen) atoms. The van der Waals surface area contributed by atoms with Crippen molar-refractivity contribution in [1.82, 2.24) is 4.72 Å². The molecule has 1 fully saturated rings. The van der Waals surface area contributed by atoms with Crippen LogP contribution in [-0.4, -0.2) is 50.3 Å². The van der Waals surface area contributed by atoms with E-state index < -0.39 is 36.8 Å². The van der Waals surface area contributed by atoms with E-state index in [2.05, 4.69) is 4.72 Å². The van der Waals surface area contributed by atoms with E-state index in [1.165, 1.54) is 6.92 Å². The molecule has 0 saturated carbocycles. The van der Waals surface area contributed by atoms with Gasteiger partial charge in [-0.1, -0.05) is 0 Å². The zero-order valence-electron chi connectivity index (χ0n) is 10.2. The summed E-state index contributed by atoms with van der Waals surface area (Å²) in [4.78, 5) is 0. The average molecular weight is 285 g/mol. The van der Waals surface area contributed by atoms with Crippen molar-refractivity contribution in [3.05, 3.63) is 0 Å². The van der Waals surface area contributed by atoms with Gasteiger partial charge in [0.2, 0.25) is 10.0 Å². The van der Waals surface area contributed by atoms with Crippen molar-refractivity contribution in [2.24, 2.45) is 0 Å². The van der Waals surface area contributed by atoms with Gasteiger partial charge >= 0.3 is 0 Å². The zero-order chi connectivity index (χ0) is 13.5. The van der Waals surface area contributed by atoms with Gasteiger partial charge in [0.05, 0.1) is 28.4 Å². The van der Waals surface area contributed by atoms with Gasteiger partial charge in [0, 0.05) is 0 Å². The summed E-state index contributed by atoms with van der Waals surface area (Å²) in [5.41, 5.74) is -1.01. The fourth-order valence-electron chi connectivity index (χ4n) is 1.54. The van der Waals surface area contributed by atoms with Crippen molar-refractivity contribution >= 4 is 19.9 Å². The molecule has 102 valence electrons. The highest BCUT2D eigenvalue weighted by atomic mass is 32.2. The number of nitrogens with one attached hydrogen (secondary N) is 1. The SMILES string of the molecule is CC(O)C(C)(C)NS(=O)(=O)C1CCS(=O)(=O)C1. The van der Waals surface area contributed by atoms with Crippen LogP contribution in [0.4, 0.5) is 0 Å². The van der Waals surface area contributed by atoms with Gasteiger partial charge in [0.1, 0.15) is 0 Å². The van der Waals surface area contributed by atoms with Crippen LogP contribution in [0.1, 0.15) is 27.2 Å². The van der Waals surface area contributed by atoms with E-state index in [1.807, 2.05) is 0 Å². The minimum absolute atomic E-state index is 0.0896. The zero-order valence-corrected chi connectivity index (χ0v) is 11.8. The van der Waals surface area contributed by atoms with E-state index in [4.69, 9.17) is 0 Å². The number of sulfonamides is 1. The molecular formula is C9H19NO5S2. The maximum atomic E-state index is 12.0. The van der Waals surface area contributed by atoms with Gasteiger partial charge < -0.3 is 5.11 Å². The summed E-state index contributed by atoms with van der Waals surface area (Å²) in [5.74, 6) is -0.425. The number of aliphatic hydroxyl groups is 1. The Labute approximate surface area is 102 Å². The first-order valence-electron chi connectivity index (χ1n) is 5.37. The first kappa shape index (κ1) is 14.9. The second-order valence-electron chi connectivity index (χ2n) is 5.07. The third-order valence-electron chi connectivity index (χ3n) is 3.08. The molecule has 0 aromatic heterocycles. The van der Waals surface area contributed by atoms with Crippen LogP contribution in [0.25, 0.3) is 0 Å². The third kappa shape index (κ3) is 3.64. The van der Waals surface area contributed by atoms with Crippen LogP contribution in [0.2, 0.25) is 0 Å². The predicted octanol–water partition coefficient (Wildman–Crippen LogP) is -0.748. The van der Waals surface area contributed by atoms with E-state index in [0.717, 1.165) is 0 Å². The molecule has 1 aliphatic rings. The van der Waals surface area contributed by atoms with E-state index in [-0.39, 0.29) is 17.9 Å². The number of hydrogen-bond donors (Lipinski definition) is 2. The van der Waals surface area contributed by atoms with E-state index in [0.29, 0.717) is 0 Å². The van der Waals surface area contributed by atoms with Crippen LogP contribution in [0.15, 0.2) is 0 Å². The first-order valence-corrected chi connectivity index (χ1v) is 8.74. The Morgan fingerprint density at radius 1 is 1.41 bits per heavy atom. The molecule has 0 bridgehead atoms. The Kier molecular flexibility index (Phi) is 3.93. The summed E-state index contributed by atoms with van der Waals surface area (Å²) in [7, 11) is -6.96. The molecule has 0 aliphatic carbocycles. The Balaban J connectivity index is 2.85. The number of hydrogen-bond acceptors (Lipinski definition) is 5. The van der Waals surface area contributed by atoms with Crippen LogP contribution in [0, 0.1) is 0 Å². The van der Waals surface area contributed by atoms with Gasteiger partial charge in [-0.15, -0.1) is 0 Å². The van der Waals surface area contributed by atoms with Gasteiger partial charge in [-0.25, -0.2) is 21.6 Å². The third-order valence-corrected chi connectivity index (χ3v) is 7.15. The smallest absolute Gasteiger partial charge is 0.216 e. The maximum absolute atomic E-state index is 12.0. The highest BCUT2D eigenvalue weighted by molar-refractivity contribution is 7.95. The van der Waals surface area contributed by atoms with Gasteiger partial charge in [0.25, 0.3) is 0 Å². The molecule has 0 aromatic carbocycles. The average Bonchev–Trinajstić information content (AvgIpc) is 2.44. The number of aliphatic hydroxyl groups excluding tert-OH is 1. The molecule has 0 radical (unpaired) electrons. The van der Waals surface area contributed by atoms with Crippen LogP contribution in [0.3, 0.4) is 0 Å². The minimum atomic E-state index is -3.72. The van der Waals surface area contributed by atoms with Gasteiger partial charge in [-0.05, 0) is 27.2 Å². The van der Waals surface area contributed by atoms with Crippen LogP contribution < -0.4 is 4.72 Å². The Hall–Kier alpha value is -0.180. The molecule has 0 amide bonds. The summed E-state index contributed by atoms with van der Waals surface area (Å²) in [6.07, 6.45) is -0.747. The van der Waals surface area contributed by atoms with E-state index in [9.17, 15) is 21.9 Å². The number of sulfone groups is 1. The van der Waals surface area contributed by atoms with E-state index >= 15 is 0 Å². The molecule has 2 unspecified atom stereocenters. The predicted molar refractivity (Wildman–Crippen MR) is 64.9 cm³/mol. The van der Waals surface area contributed by atoms with Crippen molar-refractivity contribution < 1.29 is 21.9 Å². The van der Waals surface area contributed by atoms with Crippen molar-refractivity contribution in [1.29, 1.82) is 0 Å². The summed E-state index contributed by atoms with van der Waals surface area (Å²) < 4.78 is 48.8. The second kappa shape index (κ2) is 4.49. The fraction of sp³-hybridized carbons (Fsp3) is 1.00. The van der Waals surface area contributed by atoms with Crippen molar-refractivity contribution in [3.8, 4) is 0 Å². The molecular weight excluding hydrogens is 266 g/mol. The lowest BCUT2D eigenvalue weighted by Gasteiger charge is -2.30. The molecule has 1 aliphatic heterocycles. The van der Waals surface area contributed by atoms with Gasteiger partial charge in [0.15, 0.2) is 9.84 Å². The van der Waals surface area contributed by atoms with Crippen LogP contribution in [0.5, 0.6) is 0 Å². The largest absolute Gasteiger partial charge is 0.391 e. The van der Waals surface area contributed by atoms with Gasteiger partial charge in [-0.2, -0.15) is 0 Å². The molecule has 1 saturated heterocycles. The molecule has 8 heteroatoms. The summed E-state index contributed by atoms with van der Waals surface area (Å²) in [6, 6.07) is 0. The molecule has 6 nitrogen and oxygen atoms in total. The summed E-state index contributed by atoms with van der Waals surface area (Å²) in [6.45, 7) is 4.59. The molecule has 2 atom stereocenters. The van der Waals surface area contributed by atoms with Gasteiger partial charge in [-0.3, -0.25) is 0 Å². The van der Waals surface area contributed by atoms with Crippen molar-refractivity contribution in [2.75, 3.05) is 11.5 Å². The highest BCUT2D eigenvalue weighted by Crippen LogP contribution is 2.21. The Morgan fingerprint density at radius 2 is 1.94 bits per heavy atom. The Morgan fingerprint density at radius 3 is 2.29 bits per heavy atom. The standard InChI is InChI=1S/C9H19NO5S2/c1-7(11)9(2,3)10-17(14,15)8-4-5-16(12,13)6-8/h7-8,10-11H,4-6H2,1-3H3. The normalized spacial score (nSPS) is 26.9. The molecule has 0 spiro atoms. The topological polar surface area (TPSA) is 101 Å². The maximum Gasteiger partial charge on any atom is 0.216 e. The van der Waals surface area contributed by atoms with E-state index in [1.54, 1.807) is 13.8 Å². The minimum Gasteiger partial charge on any atom is -0.391 e. The monoisotopic (exact) mass is 285 g/mol. The highest BCUT2D eigenvalue weighted by Gasteiger charge is 2.40. The quantitative estimate of drug-likeness (QED) is 0.708. The molecule has 1 heterocycles. The van der Waals surface area contributed by atoms with Crippen LogP contribution in [-0.2, 0) is 19.9 Å². The molecule has 1 rings (SSSR count).